The van der Waals surface area contributed by atoms with Crippen molar-refractivity contribution in [1.82, 2.24) is 0 Å². The predicted octanol–water partition coefficient (Wildman–Crippen LogP) is 1.38. The Morgan fingerprint density at radius 1 is 1.42 bits per heavy atom. The maximum Gasteiger partial charge on any atom is 0.332 e. The number of benzene rings is 1. The van der Waals surface area contributed by atoms with Crippen molar-refractivity contribution < 1.29 is 8.42 Å². The first-order valence-electron chi connectivity index (χ1n) is 3.31. The van der Waals surface area contributed by atoms with E-state index in [0.29, 0.717) is 5.69 Å². The molecule has 64 valence electrons. The van der Waals surface area contributed by atoms with E-state index in [0.717, 1.165) is 5.56 Å². The van der Waals surface area contributed by atoms with Gasteiger partial charge < -0.3 is 0 Å². The Morgan fingerprint density at radius 3 is 2.75 bits per heavy atom. The summed E-state index contributed by atoms with van der Waals surface area (Å²) in [7, 11) is -2.41. The quantitative estimate of drug-likeness (QED) is 0.706. The molecule has 1 aromatic rings. The van der Waals surface area contributed by atoms with E-state index in [9.17, 15) is 8.42 Å². The van der Waals surface area contributed by atoms with Crippen LogP contribution < -0.4 is 5.43 Å². The van der Waals surface area contributed by atoms with Crippen LogP contribution in [0.5, 0.6) is 0 Å². The molecule has 0 aliphatic heterocycles. The number of hydrogen-bond donors (Lipinski definition) is 1. The van der Waals surface area contributed by atoms with Gasteiger partial charge in [0.05, 0.1) is 5.69 Å². The predicted molar refractivity (Wildman–Crippen MR) is 46.1 cm³/mol. The highest BCUT2D eigenvalue weighted by Gasteiger charge is 1.88. The molecule has 1 rings (SSSR count). The average molecular weight is 184 g/mol. The smallest absolute Gasteiger partial charge is 0.263 e. The maximum atomic E-state index is 10.0. The molecule has 5 heteroatoms. The van der Waals surface area contributed by atoms with Crippen LogP contribution in [-0.2, 0) is 10.5 Å². The molecule has 0 aliphatic carbocycles. The van der Waals surface area contributed by atoms with Crippen molar-refractivity contribution in [3.05, 3.63) is 29.8 Å². The van der Waals surface area contributed by atoms with Gasteiger partial charge in [0.25, 0.3) is 0 Å². The lowest BCUT2D eigenvalue weighted by molar-refractivity contribution is 0.621. The molecule has 0 bridgehead atoms. The topological polar surface area (TPSA) is 58.5 Å². The lowest BCUT2D eigenvalue weighted by Gasteiger charge is -1.97. The standard InChI is InChI=1S/C7H8N2O2S/c1-6-3-2-4-7(5-6)8-9-12(10)11/h2-5,8H,1H3. The summed E-state index contributed by atoms with van der Waals surface area (Å²) in [5.74, 6) is 0. The molecule has 0 aromatic heterocycles. The van der Waals surface area contributed by atoms with E-state index in [2.05, 4.69) is 9.90 Å². The van der Waals surface area contributed by atoms with Crippen molar-refractivity contribution in [3.8, 4) is 0 Å². The normalized spacial score (nSPS) is 9.08. The lowest BCUT2D eigenvalue weighted by Crippen LogP contribution is -1.86. The molecular formula is C7H8N2O2S. The zero-order valence-corrected chi connectivity index (χ0v) is 7.30. The molecule has 0 unspecified atom stereocenters. The molecule has 4 nitrogen and oxygen atoms in total. The molecule has 1 N–H and O–H groups in total. The molecule has 0 saturated carbocycles. The van der Waals surface area contributed by atoms with Gasteiger partial charge in [0, 0.05) is 0 Å². The lowest BCUT2D eigenvalue weighted by atomic mass is 10.2. The summed E-state index contributed by atoms with van der Waals surface area (Å²) in [5.41, 5.74) is 4.11. The number of anilines is 1. The van der Waals surface area contributed by atoms with E-state index in [4.69, 9.17) is 0 Å². The van der Waals surface area contributed by atoms with E-state index >= 15 is 0 Å². The van der Waals surface area contributed by atoms with Crippen LogP contribution in [0.15, 0.2) is 28.7 Å². The second-order valence-corrected chi connectivity index (χ2v) is 2.91. The third-order valence-corrected chi connectivity index (χ3v) is 1.51. The third kappa shape index (κ3) is 2.71. The molecule has 0 aliphatic rings. The Hall–Kier alpha value is -1.36. The highest BCUT2D eigenvalue weighted by Crippen LogP contribution is 2.08. The summed E-state index contributed by atoms with van der Waals surface area (Å²) >= 11 is 0. The van der Waals surface area contributed by atoms with Crippen LogP contribution in [0.2, 0.25) is 0 Å². The molecule has 0 fully saturated rings. The fourth-order valence-corrected chi connectivity index (χ4v) is 0.985. The largest absolute Gasteiger partial charge is 0.332 e. The van der Waals surface area contributed by atoms with Crippen LogP contribution in [0, 0.1) is 6.92 Å². The monoisotopic (exact) mass is 184 g/mol. The van der Waals surface area contributed by atoms with Crippen LogP contribution in [-0.4, -0.2) is 8.42 Å². The first-order valence-corrected chi connectivity index (χ1v) is 4.34. The second kappa shape index (κ2) is 3.87. The van der Waals surface area contributed by atoms with Crippen molar-refractivity contribution in [2.75, 3.05) is 5.43 Å². The number of nitrogens with zero attached hydrogens (tertiary/aromatic N) is 1. The van der Waals surface area contributed by atoms with E-state index in [1.54, 1.807) is 12.1 Å². The van der Waals surface area contributed by atoms with E-state index in [-0.39, 0.29) is 0 Å². The SMILES string of the molecule is Cc1cccc(NN=S(=O)=O)c1. The molecule has 0 spiro atoms. The van der Waals surface area contributed by atoms with Crippen LogP contribution >= 0.6 is 0 Å². The Morgan fingerprint density at radius 2 is 2.17 bits per heavy atom. The van der Waals surface area contributed by atoms with Crippen LogP contribution in [0.4, 0.5) is 5.69 Å². The molecule has 0 amide bonds. The molecule has 12 heavy (non-hydrogen) atoms. The van der Waals surface area contributed by atoms with Crippen molar-refractivity contribution in [1.29, 1.82) is 0 Å². The van der Waals surface area contributed by atoms with Crippen LogP contribution in [0.25, 0.3) is 0 Å². The number of rotatable bonds is 2. The van der Waals surface area contributed by atoms with Gasteiger partial charge >= 0.3 is 10.5 Å². The van der Waals surface area contributed by atoms with Gasteiger partial charge in [-0.25, -0.2) is 0 Å². The van der Waals surface area contributed by atoms with Gasteiger partial charge in [-0.05, 0) is 24.6 Å². The summed E-state index contributed by atoms with van der Waals surface area (Å²) in [6.07, 6.45) is 0. The number of aryl methyl sites for hydroxylation is 1. The zero-order chi connectivity index (χ0) is 8.97. The van der Waals surface area contributed by atoms with Crippen molar-refractivity contribution in [3.63, 3.8) is 0 Å². The minimum absolute atomic E-state index is 0.666. The van der Waals surface area contributed by atoms with E-state index in [1.165, 1.54) is 0 Å². The fourth-order valence-electron chi connectivity index (χ4n) is 0.805. The molecule has 0 atom stereocenters. The van der Waals surface area contributed by atoms with Crippen molar-refractivity contribution in [2.45, 2.75) is 6.92 Å². The Kier molecular flexibility index (Phi) is 2.82. The number of hydrogen-bond acceptors (Lipinski definition) is 3. The second-order valence-electron chi connectivity index (χ2n) is 2.29. The van der Waals surface area contributed by atoms with Gasteiger partial charge in [0.1, 0.15) is 0 Å². The van der Waals surface area contributed by atoms with Crippen LogP contribution in [0.1, 0.15) is 5.56 Å². The van der Waals surface area contributed by atoms with Gasteiger partial charge in [-0.2, -0.15) is 8.42 Å². The Balaban J connectivity index is 2.83. The maximum absolute atomic E-state index is 10.0. The highest BCUT2D eigenvalue weighted by molar-refractivity contribution is 7.61. The van der Waals surface area contributed by atoms with Crippen molar-refractivity contribution in [2.24, 2.45) is 4.47 Å². The van der Waals surface area contributed by atoms with Gasteiger partial charge in [0.15, 0.2) is 0 Å². The van der Waals surface area contributed by atoms with Gasteiger partial charge in [-0.1, -0.05) is 16.6 Å². The first-order chi connectivity index (χ1) is 5.68. The van der Waals surface area contributed by atoms with Gasteiger partial charge in [0.2, 0.25) is 0 Å². The molecular weight excluding hydrogens is 176 g/mol. The summed E-state index contributed by atoms with van der Waals surface area (Å²) in [6, 6.07) is 7.28. The van der Waals surface area contributed by atoms with E-state index < -0.39 is 10.5 Å². The molecule has 1 aromatic carbocycles. The minimum Gasteiger partial charge on any atom is -0.263 e. The average Bonchev–Trinajstić information content (AvgIpc) is 2.01. The fraction of sp³-hybridized carbons (Fsp3) is 0.143. The Bertz CT molecular complexity index is 390. The van der Waals surface area contributed by atoms with E-state index in [1.807, 2.05) is 19.1 Å². The number of nitrogens with one attached hydrogen (secondary N) is 1. The van der Waals surface area contributed by atoms with Gasteiger partial charge in [-0.3, -0.25) is 5.43 Å². The first kappa shape index (κ1) is 8.73. The van der Waals surface area contributed by atoms with Crippen molar-refractivity contribution >= 4 is 16.2 Å². The van der Waals surface area contributed by atoms with Gasteiger partial charge in [-0.15, -0.1) is 0 Å². The molecule has 0 saturated heterocycles. The summed E-state index contributed by atoms with van der Waals surface area (Å²) < 4.78 is 23.2. The minimum atomic E-state index is -2.41. The van der Waals surface area contributed by atoms with Crippen LogP contribution in [0.3, 0.4) is 0 Å². The summed E-state index contributed by atoms with van der Waals surface area (Å²) in [6.45, 7) is 1.92. The highest BCUT2D eigenvalue weighted by atomic mass is 32.2. The zero-order valence-electron chi connectivity index (χ0n) is 6.48. The molecule has 0 radical (unpaired) electrons. The Labute approximate surface area is 71.9 Å². The third-order valence-electron chi connectivity index (χ3n) is 1.27. The summed E-state index contributed by atoms with van der Waals surface area (Å²) in [4.78, 5) is 0. The molecule has 0 heterocycles. The summed E-state index contributed by atoms with van der Waals surface area (Å²) in [5, 5.41) is 0.